The first-order valence-electron chi connectivity index (χ1n) is 5.83. The highest BCUT2D eigenvalue weighted by Crippen LogP contribution is 2.27. The summed E-state index contributed by atoms with van der Waals surface area (Å²) in [5, 5.41) is 13.0. The summed E-state index contributed by atoms with van der Waals surface area (Å²) in [7, 11) is -3.01. The van der Waals surface area contributed by atoms with Crippen LogP contribution in [-0.4, -0.2) is 40.8 Å². The second kappa shape index (κ2) is 4.38. The van der Waals surface area contributed by atoms with Crippen LogP contribution < -0.4 is 0 Å². The lowest BCUT2D eigenvalue weighted by atomic mass is 10.1. The van der Waals surface area contributed by atoms with Gasteiger partial charge in [0.1, 0.15) is 0 Å². The molecule has 1 saturated heterocycles. The second-order valence-electron chi connectivity index (χ2n) is 4.92. The van der Waals surface area contributed by atoms with Crippen molar-refractivity contribution in [3.8, 4) is 0 Å². The van der Waals surface area contributed by atoms with Gasteiger partial charge in [0.25, 0.3) is 0 Å². The third-order valence-corrected chi connectivity index (χ3v) is 4.88. The molecule has 1 aliphatic heterocycles. The number of nitrogens with zero attached hydrogens (tertiary/aromatic N) is 2. The van der Waals surface area contributed by atoms with E-state index in [-0.39, 0.29) is 29.2 Å². The fraction of sp³-hybridized carbons (Fsp3) is 0.636. The van der Waals surface area contributed by atoms with Crippen LogP contribution >= 0.6 is 0 Å². The van der Waals surface area contributed by atoms with Gasteiger partial charge in [-0.05, 0) is 18.4 Å². The summed E-state index contributed by atoms with van der Waals surface area (Å²) in [5.74, 6) is -0.782. The first kappa shape index (κ1) is 13.1. The first-order valence-corrected chi connectivity index (χ1v) is 7.65. The van der Waals surface area contributed by atoms with Crippen molar-refractivity contribution in [2.45, 2.75) is 32.2 Å². The van der Waals surface area contributed by atoms with E-state index in [4.69, 9.17) is 5.11 Å². The molecule has 1 unspecified atom stereocenters. The topological polar surface area (TPSA) is 89.3 Å². The van der Waals surface area contributed by atoms with Crippen molar-refractivity contribution in [3.63, 3.8) is 0 Å². The van der Waals surface area contributed by atoms with Gasteiger partial charge in [-0.2, -0.15) is 5.10 Å². The molecule has 1 fully saturated rings. The van der Waals surface area contributed by atoms with Gasteiger partial charge in [-0.3, -0.25) is 4.68 Å². The van der Waals surface area contributed by atoms with Gasteiger partial charge in [0, 0.05) is 5.69 Å². The van der Waals surface area contributed by atoms with Crippen molar-refractivity contribution >= 4 is 15.8 Å². The summed E-state index contributed by atoms with van der Waals surface area (Å²) < 4.78 is 24.5. The average molecular weight is 272 g/mol. The fourth-order valence-corrected chi connectivity index (χ4v) is 3.90. The lowest BCUT2D eigenvalue weighted by Crippen LogP contribution is -2.16. The van der Waals surface area contributed by atoms with Gasteiger partial charge in [-0.1, -0.05) is 13.8 Å². The van der Waals surface area contributed by atoms with Crippen LogP contribution in [0, 0.1) is 0 Å². The third kappa shape index (κ3) is 2.40. The Morgan fingerprint density at radius 3 is 2.67 bits per heavy atom. The van der Waals surface area contributed by atoms with Crippen molar-refractivity contribution in [1.82, 2.24) is 9.78 Å². The highest BCUT2D eigenvalue weighted by atomic mass is 32.2. The number of hydrogen-bond donors (Lipinski definition) is 1. The maximum Gasteiger partial charge on any atom is 0.356 e. The fourth-order valence-electron chi connectivity index (χ4n) is 2.21. The Labute approximate surface area is 106 Å². The highest BCUT2D eigenvalue weighted by molar-refractivity contribution is 7.91. The smallest absolute Gasteiger partial charge is 0.356 e. The number of carboxylic acids is 1. The minimum Gasteiger partial charge on any atom is -0.476 e. The molecule has 0 spiro atoms. The maximum absolute atomic E-state index is 11.5. The molecule has 1 atom stereocenters. The van der Waals surface area contributed by atoms with E-state index in [1.807, 2.05) is 13.8 Å². The van der Waals surface area contributed by atoms with Crippen molar-refractivity contribution < 1.29 is 18.3 Å². The van der Waals surface area contributed by atoms with E-state index in [9.17, 15) is 13.2 Å². The molecule has 0 aliphatic carbocycles. The zero-order chi connectivity index (χ0) is 13.5. The van der Waals surface area contributed by atoms with Gasteiger partial charge < -0.3 is 5.11 Å². The zero-order valence-corrected chi connectivity index (χ0v) is 11.1. The van der Waals surface area contributed by atoms with Gasteiger partial charge in [-0.15, -0.1) is 0 Å². The Bertz CT molecular complexity index is 574. The monoisotopic (exact) mass is 272 g/mol. The van der Waals surface area contributed by atoms with E-state index in [0.717, 1.165) is 5.69 Å². The predicted molar refractivity (Wildman–Crippen MR) is 65.6 cm³/mol. The molecule has 0 radical (unpaired) electrons. The molecule has 100 valence electrons. The number of sulfone groups is 1. The molecule has 0 saturated carbocycles. The van der Waals surface area contributed by atoms with E-state index < -0.39 is 15.8 Å². The van der Waals surface area contributed by atoms with E-state index >= 15 is 0 Å². The van der Waals surface area contributed by atoms with Crippen molar-refractivity contribution in [2.24, 2.45) is 0 Å². The minimum atomic E-state index is -3.01. The van der Waals surface area contributed by atoms with Crippen LogP contribution in [0.25, 0.3) is 0 Å². The largest absolute Gasteiger partial charge is 0.476 e. The SMILES string of the molecule is CC(C)c1cc(C(=O)O)nn1C1CCS(=O)(=O)C1. The number of aromatic carboxylic acids is 1. The average Bonchev–Trinajstić information content (AvgIpc) is 2.80. The van der Waals surface area contributed by atoms with Gasteiger partial charge in [0.15, 0.2) is 15.5 Å². The van der Waals surface area contributed by atoms with Crippen LogP contribution in [0.4, 0.5) is 0 Å². The standard InChI is InChI=1S/C11H16N2O4S/c1-7(2)10-5-9(11(14)15)12-13(10)8-3-4-18(16,17)6-8/h5,7-8H,3-4,6H2,1-2H3,(H,14,15). The maximum atomic E-state index is 11.5. The van der Waals surface area contributed by atoms with Gasteiger partial charge in [-0.25, -0.2) is 13.2 Å². The number of aromatic nitrogens is 2. The molecule has 0 bridgehead atoms. The third-order valence-electron chi connectivity index (χ3n) is 3.13. The van der Waals surface area contributed by atoms with Crippen LogP contribution in [-0.2, 0) is 9.84 Å². The first-order chi connectivity index (χ1) is 8.30. The molecular formula is C11H16N2O4S. The number of rotatable bonds is 3. The van der Waals surface area contributed by atoms with E-state index in [0.29, 0.717) is 6.42 Å². The van der Waals surface area contributed by atoms with Gasteiger partial charge >= 0.3 is 5.97 Å². The zero-order valence-electron chi connectivity index (χ0n) is 10.3. The Morgan fingerprint density at radius 1 is 1.56 bits per heavy atom. The molecule has 0 aromatic carbocycles. The summed E-state index contributed by atoms with van der Waals surface area (Å²) in [4.78, 5) is 10.9. The van der Waals surface area contributed by atoms with Crippen LogP contribution in [0.2, 0.25) is 0 Å². The summed E-state index contributed by atoms with van der Waals surface area (Å²) in [5.41, 5.74) is 0.748. The lowest BCUT2D eigenvalue weighted by Gasteiger charge is -2.14. The van der Waals surface area contributed by atoms with Gasteiger partial charge in [0.05, 0.1) is 17.5 Å². The second-order valence-corrected chi connectivity index (χ2v) is 7.14. The van der Waals surface area contributed by atoms with E-state index in [1.165, 1.54) is 6.07 Å². The van der Waals surface area contributed by atoms with E-state index in [1.54, 1.807) is 4.68 Å². The molecule has 0 amide bonds. The Kier molecular flexibility index (Phi) is 3.18. The normalized spacial score (nSPS) is 22.5. The Hall–Kier alpha value is -1.37. The summed E-state index contributed by atoms with van der Waals surface area (Å²) in [6.45, 7) is 3.87. The van der Waals surface area contributed by atoms with Gasteiger partial charge in [0.2, 0.25) is 0 Å². The summed E-state index contributed by atoms with van der Waals surface area (Å²) in [6.07, 6.45) is 0.503. The number of carbonyl (C=O) groups is 1. The molecule has 1 N–H and O–H groups in total. The Balaban J connectivity index is 2.40. The van der Waals surface area contributed by atoms with Crippen LogP contribution in [0.5, 0.6) is 0 Å². The molecule has 6 nitrogen and oxygen atoms in total. The molecule has 2 rings (SSSR count). The quantitative estimate of drug-likeness (QED) is 0.888. The highest BCUT2D eigenvalue weighted by Gasteiger charge is 2.32. The van der Waals surface area contributed by atoms with Crippen molar-refractivity contribution in [1.29, 1.82) is 0 Å². The Morgan fingerprint density at radius 2 is 2.22 bits per heavy atom. The molecule has 18 heavy (non-hydrogen) atoms. The lowest BCUT2D eigenvalue weighted by molar-refractivity contribution is 0.0689. The molecule has 1 aliphatic rings. The number of carboxylic acid groups (broad SMARTS) is 1. The summed E-state index contributed by atoms with van der Waals surface area (Å²) >= 11 is 0. The van der Waals surface area contributed by atoms with Crippen molar-refractivity contribution in [3.05, 3.63) is 17.5 Å². The van der Waals surface area contributed by atoms with Crippen LogP contribution in [0.1, 0.15) is 48.4 Å². The molecular weight excluding hydrogens is 256 g/mol. The predicted octanol–water partition coefficient (Wildman–Crippen LogP) is 1.06. The molecule has 1 aromatic heterocycles. The minimum absolute atomic E-state index is 0.0250. The molecule has 2 heterocycles. The number of hydrogen-bond acceptors (Lipinski definition) is 4. The van der Waals surface area contributed by atoms with E-state index in [2.05, 4.69) is 5.10 Å². The summed E-state index contributed by atoms with van der Waals surface area (Å²) in [6, 6.07) is 1.29. The van der Waals surface area contributed by atoms with Crippen molar-refractivity contribution in [2.75, 3.05) is 11.5 Å². The van der Waals surface area contributed by atoms with Crippen LogP contribution in [0.15, 0.2) is 6.07 Å². The molecule has 1 aromatic rings. The molecule has 7 heteroatoms. The van der Waals surface area contributed by atoms with Crippen LogP contribution in [0.3, 0.4) is 0 Å².